The van der Waals surface area contributed by atoms with Crippen molar-refractivity contribution in [1.29, 1.82) is 0 Å². The number of rotatable bonds is 4. The van der Waals surface area contributed by atoms with Crippen LogP contribution in [0.15, 0.2) is 48.7 Å². The third-order valence-corrected chi connectivity index (χ3v) is 3.32. The summed E-state index contributed by atoms with van der Waals surface area (Å²) in [5, 5.41) is 7.10. The van der Waals surface area contributed by atoms with Gasteiger partial charge in [-0.3, -0.25) is 4.79 Å². The van der Waals surface area contributed by atoms with Crippen molar-refractivity contribution in [2.24, 2.45) is 0 Å². The number of amides is 1. The van der Waals surface area contributed by atoms with E-state index in [1.54, 1.807) is 22.8 Å². The molecule has 3 aromatic rings. The number of hydrogen-bond acceptors (Lipinski definition) is 3. The maximum absolute atomic E-state index is 12.2. The fourth-order valence-electron chi connectivity index (χ4n) is 2.21. The number of aromatic nitrogens is 3. The summed E-state index contributed by atoms with van der Waals surface area (Å²) in [6.07, 6.45) is 2.48. The van der Waals surface area contributed by atoms with Crippen LogP contribution < -0.4 is 5.32 Å². The quantitative estimate of drug-likeness (QED) is 0.797. The van der Waals surface area contributed by atoms with Crippen LogP contribution in [0.3, 0.4) is 0 Å². The van der Waals surface area contributed by atoms with Crippen molar-refractivity contribution in [1.82, 2.24) is 19.9 Å². The van der Waals surface area contributed by atoms with Gasteiger partial charge in [-0.1, -0.05) is 37.3 Å². The van der Waals surface area contributed by atoms with E-state index < -0.39 is 0 Å². The van der Waals surface area contributed by atoms with Crippen molar-refractivity contribution in [2.45, 2.75) is 19.9 Å². The molecule has 2 aromatic heterocycles. The molecular weight excluding hydrogens is 264 g/mol. The second-order valence-electron chi connectivity index (χ2n) is 4.76. The normalized spacial score (nSPS) is 10.7. The number of nitrogens with one attached hydrogen (secondary N) is 1. The zero-order chi connectivity index (χ0) is 14.7. The summed E-state index contributed by atoms with van der Waals surface area (Å²) in [5.74, 6) is -0.169. The van der Waals surface area contributed by atoms with Gasteiger partial charge in [-0.25, -0.2) is 9.50 Å². The lowest BCUT2D eigenvalue weighted by molar-refractivity contribution is 0.0946. The lowest BCUT2D eigenvalue weighted by atomic mass is 10.2. The maximum atomic E-state index is 12.2. The molecular formula is C16H16N4O. The van der Waals surface area contributed by atoms with E-state index in [0.717, 1.165) is 17.7 Å². The molecule has 0 fully saturated rings. The smallest absolute Gasteiger partial charge is 0.270 e. The molecule has 0 aliphatic rings. The Kier molecular flexibility index (Phi) is 3.64. The minimum absolute atomic E-state index is 0.169. The van der Waals surface area contributed by atoms with E-state index in [9.17, 15) is 4.79 Å². The summed E-state index contributed by atoms with van der Waals surface area (Å²) in [7, 11) is 0. The van der Waals surface area contributed by atoms with Crippen molar-refractivity contribution in [2.75, 3.05) is 0 Å². The lowest BCUT2D eigenvalue weighted by Gasteiger charge is -2.07. The lowest BCUT2D eigenvalue weighted by Crippen LogP contribution is -2.24. The molecule has 1 aromatic carbocycles. The molecule has 1 N–H and O–H groups in total. The molecule has 0 spiro atoms. The van der Waals surface area contributed by atoms with Crippen molar-refractivity contribution in [3.8, 4) is 0 Å². The van der Waals surface area contributed by atoms with Crippen LogP contribution in [0.25, 0.3) is 5.65 Å². The average molecular weight is 280 g/mol. The highest BCUT2D eigenvalue weighted by atomic mass is 16.1. The first-order valence-corrected chi connectivity index (χ1v) is 6.93. The monoisotopic (exact) mass is 280 g/mol. The predicted octanol–water partition coefficient (Wildman–Crippen LogP) is 2.22. The first-order chi connectivity index (χ1) is 10.3. The molecule has 0 atom stereocenters. The first kappa shape index (κ1) is 13.3. The molecule has 0 unspecified atom stereocenters. The molecule has 3 rings (SSSR count). The summed E-state index contributed by atoms with van der Waals surface area (Å²) in [6, 6.07) is 13.4. The molecule has 1 amide bonds. The van der Waals surface area contributed by atoms with Gasteiger partial charge in [0.05, 0.1) is 6.20 Å². The Morgan fingerprint density at radius 2 is 2.05 bits per heavy atom. The Bertz CT molecular complexity index is 764. The molecule has 5 nitrogen and oxygen atoms in total. The van der Waals surface area contributed by atoms with E-state index in [0.29, 0.717) is 17.9 Å². The number of carbonyl (C=O) groups excluding carboxylic acids is 1. The number of fused-ring (bicyclic) bond motifs is 1. The van der Waals surface area contributed by atoms with Crippen molar-refractivity contribution < 1.29 is 4.79 Å². The summed E-state index contributed by atoms with van der Waals surface area (Å²) < 4.78 is 1.76. The topological polar surface area (TPSA) is 59.3 Å². The van der Waals surface area contributed by atoms with Gasteiger partial charge in [-0.15, -0.1) is 0 Å². The van der Waals surface area contributed by atoms with Crippen molar-refractivity contribution in [3.05, 3.63) is 65.6 Å². The minimum Gasteiger partial charge on any atom is -0.347 e. The SMILES string of the molecule is CCc1cc(C(=O)NCc2ccccc2)nc2ccnn12. The summed E-state index contributed by atoms with van der Waals surface area (Å²) in [4.78, 5) is 16.6. The second kappa shape index (κ2) is 5.75. The molecule has 0 radical (unpaired) electrons. The molecule has 106 valence electrons. The van der Waals surface area contributed by atoms with Crippen LogP contribution in [0, 0.1) is 0 Å². The molecule has 5 heteroatoms. The maximum Gasteiger partial charge on any atom is 0.270 e. The minimum atomic E-state index is -0.169. The zero-order valence-electron chi connectivity index (χ0n) is 11.8. The number of nitrogens with zero attached hydrogens (tertiary/aromatic N) is 3. The largest absolute Gasteiger partial charge is 0.347 e. The van der Waals surface area contributed by atoms with Crippen LogP contribution >= 0.6 is 0 Å². The van der Waals surface area contributed by atoms with Gasteiger partial charge in [0.2, 0.25) is 0 Å². The van der Waals surface area contributed by atoms with Crippen LogP contribution in [0.5, 0.6) is 0 Å². The third kappa shape index (κ3) is 2.76. The highest BCUT2D eigenvalue weighted by molar-refractivity contribution is 5.92. The average Bonchev–Trinajstić information content (AvgIpc) is 3.01. The molecule has 0 bridgehead atoms. The highest BCUT2D eigenvalue weighted by Gasteiger charge is 2.11. The summed E-state index contributed by atoms with van der Waals surface area (Å²) in [6.45, 7) is 2.52. The Morgan fingerprint density at radius 3 is 2.81 bits per heavy atom. The highest BCUT2D eigenvalue weighted by Crippen LogP contribution is 2.08. The van der Waals surface area contributed by atoms with Gasteiger partial charge >= 0.3 is 0 Å². The number of hydrogen-bond donors (Lipinski definition) is 1. The van der Waals surface area contributed by atoms with E-state index in [1.165, 1.54) is 0 Å². The van der Waals surface area contributed by atoms with E-state index in [-0.39, 0.29) is 5.91 Å². The molecule has 0 saturated carbocycles. The van der Waals surface area contributed by atoms with Gasteiger partial charge in [0.25, 0.3) is 5.91 Å². The Balaban J connectivity index is 1.81. The van der Waals surface area contributed by atoms with Crippen molar-refractivity contribution in [3.63, 3.8) is 0 Å². The van der Waals surface area contributed by atoms with Gasteiger partial charge in [0.15, 0.2) is 5.65 Å². The molecule has 0 saturated heterocycles. The summed E-state index contributed by atoms with van der Waals surface area (Å²) >= 11 is 0. The first-order valence-electron chi connectivity index (χ1n) is 6.93. The summed E-state index contributed by atoms with van der Waals surface area (Å²) in [5.41, 5.74) is 3.15. The van der Waals surface area contributed by atoms with Crippen LogP contribution in [0.4, 0.5) is 0 Å². The number of aryl methyl sites for hydroxylation is 1. The second-order valence-corrected chi connectivity index (χ2v) is 4.76. The van der Waals surface area contributed by atoms with Gasteiger partial charge in [0.1, 0.15) is 5.69 Å². The zero-order valence-corrected chi connectivity index (χ0v) is 11.8. The predicted molar refractivity (Wildman–Crippen MR) is 80.0 cm³/mol. The molecule has 0 aliphatic heterocycles. The Labute approximate surface area is 122 Å². The Morgan fingerprint density at radius 1 is 1.24 bits per heavy atom. The van der Waals surface area contributed by atoms with Gasteiger partial charge in [-0.2, -0.15) is 5.10 Å². The number of benzene rings is 1. The number of carbonyl (C=O) groups is 1. The van der Waals surface area contributed by atoms with Crippen LogP contribution in [-0.4, -0.2) is 20.5 Å². The van der Waals surface area contributed by atoms with Crippen LogP contribution in [0.2, 0.25) is 0 Å². The van der Waals surface area contributed by atoms with E-state index in [4.69, 9.17) is 0 Å². The van der Waals surface area contributed by atoms with E-state index in [1.807, 2.05) is 37.3 Å². The van der Waals surface area contributed by atoms with E-state index >= 15 is 0 Å². The fraction of sp³-hybridized carbons (Fsp3) is 0.188. The third-order valence-electron chi connectivity index (χ3n) is 3.32. The van der Waals surface area contributed by atoms with Gasteiger partial charge in [-0.05, 0) is 18.1 Å². The fourth-order valence-corrected chi connectivity index (χ4v) is 2.21. The van der Waals surface area contributed by atoms with Crippen LogP contribution in [-0.2, 0) is 13.0 Å². The van der Waals surface area contributed by atoms with Crippen molar-refractivity contribution >= 4 is 11.6 Å². The van der Waals surface area contributed by atoms with Gasteiger partial charge in [0, 0.05) is 18.3 Å². The molecule has 21 heavy (non-hydrogen) atoms. The Hall–Kier alpha value is -2.69. The van der Waals surface area contributed by atoms with Crippen LogP contribution in [0.1, 0.15) is 28.7 Å². The van der Waals surface area contributed by atoms with Gasteiger partial charge < -0.3 is 5.32 Å². The van der Waals surface area contributed by atoms with E-state index in [2.05, 4.69) is 15.4 Å². The molecule has 2 heterocycles. The standard InChI is InChI=1S/C16H16N4O/c1-2-13-10-14(19-15-8-9-18-20(13)15)16(21)17-11-12-6-4-3-5-7-12/h3-10H,2,11H2,1H3,(H,17,21). The molecule has 0 aliphatic carbocycles.